The highest BCUT2D eigenvalue weighted by molar-refractivity contribution is 7.09. The molecule has 2 atom stereocenters. The van der Waals surface area contributed by atoms with Gasteiger partial charge in [-0.2, -0.15) is 0 Å². The van der Waals surface area contributed by atoms with E-state index in [2.05, 4.69) is 22.3 Å². The molecule has 1 nitrogen and oxygen atoms in total. The predicted octanol–water partition coefficient (Wildman–Crippen LogP) is 2.38. The van der Waals surface area contributed by atoms with Crippen LogP contribution in [-0.4, -0.2) is 6.10 Å². The van der Waals surface area contributed by atoms with Crippen LogP contribution in [0.1, 0.15) is 32.6 Å². The molecule has 0 aromatic carbocycles. The van der Waals surface area contributed by atoms with Crippen LogP contribution in [0.3, 0.4) is 0 Å². The number of hydrogen-bond donors (Lipinski definition) is 0. The highest BCUT2D eigenvalue weighted by Gasteiger charge is 2.03. The predicted molar refractivity (Wildman–Crippen MR) is 47.6 cm³/mol. The molecule has 0 N–H and O–H groups in total. The Morgan fingerprint density at radius 3 is 2.70 bits per heavy atom. The van der Waals surface area contributed by atoms with Crippen LogP contribution in [-0.2, 0) is 4.52 Å². The zero-order valence-corrected chi connectivity index (χ0v) is 7.62. The number of hydrogen-bond acceptors (Lipinski definition) is 1. The van der Waals surface area contributed by atoms with Crippen LogP contribution in [0.2, 0.25) is 0 Å². The third kappa shape index (κ3) is 4.79. The molecule has 10 heavy (non-hydrogen) atoms. The SMILES string of the molecule is C#CCC[C@H](CCC)OP. The summed E-state index contributed by atoms with van der Waals surface area (Å²) in [6, 6.07) is 0. The topological polar surface area (TPSA) is 9.23 Å². The number of terminal acetylenes is 1. The molecule has 0 rings (SSSR count). The van der Waals surface area contributed by atoms with Gasteiger partial charge in [0, 0.05) is 15.9 Å². The molecule has 0 fully saturated rings. The van der Waals surface area contributed by atoms with Gasteiger partial charge >= 0.3 is 0 Å². The molecule has 1 unspecified atom stereocenters. The zero-order chi connectivity index (χ0) is 7.82. The highest BCUT2D eigenvalue weighted by Crippen LogP contribution is 2.11. The van der Waals surface area contributed by atoms with Crippen LogP contribution in [0.4, 0.5) is 0 Å². The molecule has 0 amide bonds. The van der Waals surface area contributed by atoms with Crippen LogP contribution in [0.15, 0.2) is 0 Å². The summed E-state index contributed by atoms with van der Waals surface area (Å²) in [5.41, 5.74) is 0. The van der Waals surface area contributed by atoms with Crippen molar-refractivity contribution in [2.24, 2.45) is 0 Å². The van der Waals surface area contributed by atoms with Crippen molar-refractivity contribution in [2.45, 2.75) is 38.7 Å². The summed E-state index contributed by atoms with van der Waals surface area (Å²) in [5.74, 6) is 2.60. The smallest absolute Gasteiger partial charge is 0.0619 e. The summed E-state index contributed by atoms with van der Waals surface area (Å²) >= 11 is 0. The minimum Gasteiger partial charge on any atom is -0.362 e. The van der Waals surface area contributed by atoms with E-state index in [0.717, 1.165) is 25.7 Å². The van der Waals surface area contributed by atoms with Crippen molar-refractivity contribution in [1.29, 1.82) is 0 Å². The van der Waals surface area contributed by atoms with Crippen molar-refractivity contribution in [1.82, 2.24) is 0 Å². The van der Waals surface area contributed by atoms with E-state index in [9.17, 15) is 0 Å². The Bertz CT molecular complexity index is 106. The van der Waals surface area contributed by atoms with Crippen molar-refractivity contribution in [3.05, 3.63) is 0 Å². The quantitative estimate of drug-likeness (QED) is 0.441. The van der Waals surface area contributed by atoms with Gasteiger partial charge in [-0.25, -0.2) is 0 Å². The molecule has 0 saturated carbocycles. The van der Waals surface area contributed by atoms with Crippen LogP contribution < -0.4 is 0 Å². The Morgan fingerprint density at radius 2 is 2.30 bits per heavy atom. The molecule has 0 aliphatic rings. The van der Waals surface area contributed by atoms with Crippen molar-refractivity contribution >= 4 is 9.47 Å². The van der Waals surface area contributed by atoms with Crippen molar-refractivity contribution in [3.63, 3.8) is 0 Å². The molecule has 0 radical (unpaired) electrons. The van der Waals surface area contributed by atoms with Gasteiger partial charge in [0.15, 0.2) is 0 Å². The lowest BCUT2D eigenvalue weighted by atomic mass is 10.1. The first-order valence-corrected chi connectivity index (χ1v) is 4.11. The standard InChI is InChI=1S/C8H15OP/c1-3-5-7-8(9-10)6-4-2/h1,8H,4-7,10H2,2H3/t8-/m0/s1. The molecule has 0 spiro atoms. The first-order valence-electron chi connectivity index (χ1n) is 3.64. The van der Waals surface area contributed by atoms with Gasteiger partial charge in [0.1, 0.15) is 0 Å². The maximum atomic E-state index is 5.12. The van der Waals surface area contributed by atoms with E-state index in [0.29, 0.717) is 6.10 Å². The molecule has 0 aliphatic carbocycles. The van der Waals surface area contributed by atoms with Crippen LogP contribution in [0.25, 0.3) is 0 Å². The summed E-state index contributed by atoms with van der Waals surface area (Å²) in [7, 11) is 2.29. The Balaban J connectivity index is 3.32. The second-order valence-corrected chi connectivity index (χ2v) is 2.56. The molecule has 0 aromatic heterocycles. The Kier molecular flexibility index (Phi) is 7.03. The first-order chi connectivity index (χ1) is 4.85. The summed E-state index contributed by atoms with van der Waals surface area (Å²) in [6.07, 6.45) is 9.51. The van der Waals surface area contributed by atoms with Gasteiger partial charge in [-0.15, -0.1) is 12.3 Å². The monoisotopic (exact) mass is 158 g/mol. The molecule has 0 heterocycles. The minimum absolute atomic E-state index is 0.339. The van der Waals surface area contributed by atoms with E-state index in [4.69, 9.17) is 10.9 Å². The lowest BCUT2D eigenvalue weighted by Gasteiger charge is -2.11. The Hall–Kier alpha value is -0.0500. The maximum Gasteiger partial charge on any atom is 0.0619 e. The van der Waals surface area contributed by atoms with Crippen molar-refractivity contribution in [2.75, 3.05) is 0 Å². The summed E-state index contributed by atoms with van der Waals surface area (Å²) in [6.45, 7) is 2.15. The Morgan fingerprint density at radius 1 is 1.60 bits per heavy atom. The van der Waals surface area contributed by atoms with E-state index in [1.165, 1.54) is 0 Å². The molecule has 0 aromatic rings. The minimum atomic E-state index is 0.339. The first kappa shape index (κ1) is 9.95. The molecule has 58 valence electrons. The lowest BCUT2D eigenvalue weighted by molar-refractivity contribution is 0.215. The molecule has 0 aliphatic heterocycles. The van der Waals surface area contributed by atoms with Crippen molar-refractivity contribution in [3.8, 4) is 12.3 Å². The normalized spacial score (nSPS) is 12.5. The van der Waals surface area contributed by atoms with Gasteiger partial charge in [0.05, 0.1) is 6.10 Å². The molecular formula is C8H15OP. The van der Waals surface area contributed by atoms with E-state index in [-0.39, 0.29) is 0 Å². The number of rotatable bonds is 5. The van der Waals surface area contributed by atoms with Gasteiger partial charge < -0.3 is 4.52 Å². The van der Waals surface area contributed by atoms with Crippen LogP contribution >= 0.6 is 9.47 Å². The molecular weight excluding hydrogens is 143 g/mol. The van der Waals surface area contributed by atoms with Crippen molar-refractivity contribution < 1.29 is 4.52 Å². The maximum absolute atomic E-state index is 5.12. The fourth-order valence-corrected chi connectivity index (χ4v) is 1.12. The molecule has 0 saturated heterocycles. The second kappa shape index (κ2) is 7.06. The second-order valence-electron chi connectivity index (χ2n) is 2.29. The molecule has 2 heteroatoms. The van der Waals surface area contributed by atoms with Gasteiger partial charge in [-0.3, -0.25) is 0 Å². The average Bonchev–Trinajstić information content (AvgIpc) is 1.98. The van der Waals surface area contributed by atoms with E-state index in [1.54, 1.807) is 0 Å². The third-order valence-electron chi connectivity index (χ3n) is 1.41. The van der Waals surface area contributed by atoms with Gasteiger partial charge in [-0.1, -0.05) is 13.3 Å². The van der Waals surface area contributed by atoms with Crippen LogP contribution in [0, 0.1) is 12.3 Å². The van der Waals surface area contributed by atoms with Crippen LogP contribution in [0.5, 0.6) is 0 Å². The zero-order valence-electron chi connectivity index (χ0n) is 6.47. The average molecular weight is 158 g/mol. The van der Waals surface area contributed by atoms with E-state index < -0.39 is 0 Å². The summed E-state index contributed by atoms with van der Waals surface area (Å²) in [4.78, 5) is 0. The lowest BCUT2D eigenvalue weighted by Crippen LogP contribution is -2.05. The molecule has 0 bridgehead atoms. The summed E-state index contributed by atoms with van der Waals surface area (Å²) in [5, 5.41) is 0. The largest absolute Gasteiger partial charge is 0.362 e. The summed E-state index contributed by atoms with van der Waals surface area (Å²) < 4.78 is 5.11. The third-order valence-corrected chi connectivity index (χ3v) is 1.80. The van der Waals surface area contributed by atoms with E-state index >= 15 is 0 Å². The van der Waals surface area contributed by atoms with E-state index in [1.807, 2.05) is 0 Å². The van der Waals surface area contributed by atoms with Gasteiger partial charge in [0.25, 0.3) is 0 Å². The highest BCUT2D eigenvalue weighted by atomic mass is 31.0. The fourth-order valence-electron chi connectivity index (χ4n) is 0.847. The fraction of sp³-hybridized carbons (Fsp3) is 0.750. The van der Waals surface area contributed by atoms with Gasteiger partial charge in [0.2, 0.25) is 0 Å². The van der Waals surface area contributed by atoms with Gasteiger partial charge in [-0.05, 0) is 12.8 Å². The Labute approximate surface area is 65.8 Å².